The van der Waals surface area contributed by atoms with Crippen molar-refractivity contribution in [1.82, 2.24) is 14.7 Å². The number of hydrogen-bond donors (Lipinski definition) is 1. The minimum atomic E-state index is -0.402. The van der Waals surface area contributed by atoms with E-state index in [0.29, 0.717) is 22.2 Å². The average Bonchev–Trinajstić information content (AvgIpc) is 3.18. The number of ether oxygens (including phenoxy) is 1. The van der Waals surface area contributed by atoms with Gasteiger partial charge in [-0.05, 0) is 37.0 Å². The summed E-state index contributed by atoms with van der Waals surface area (Å²) in [7, 11) is 1.62. The van der Waals surface area contributed by atoms with Crippen molar-refractivity contribution in [2.75, 3.05) is 32.1 Å². The van der Waals surface area contributed by atoms with E-state index in [0.717, 1.165) is 49.4 Å². The summed E-state index contributed by atoms with van der Waals surface area (Å²) in [6, 6.07) is 6.93. The molecule has 8 heteroatoms. The van der Waals surface area contributed by atoms with Crippen LogP contribution in [0.2, 0.25) is 10.0 Å². The number of likely N-dealkylation sites (tertiary alicyclic amines) is 1. The Kier molecular flexibility index (Phi) is 5.62. The highest BCUT2D eigenvalue weighted by Crippen LogP contribution is 2.38. The van der Waals surface area contributed by atoms with Gasteiger partial charge in [-0.15, -0.1) is 0 Å². The summed E-state index contributed by atoms with van der Waals surface area (Å²) in [5.74, 6) is 0.815. The number of hydrogen-bond acceptors (Lipinski definition) is 4. The molecule has 1 N–H and O–H groups in total. The van der Waals surface area contributed by atoms with Gasteiger partial charge in [-0.25, -0.2) is 4.68 Å². The van der Waals surface area contributed by atoms with Gasteiger partial charge in [0.15, 0.2) is 0 Å². The van der Waals surface area contributed by atoms with Crippen LogP contribution in [0.3, 0.4) is 0 Å². The molecule has 0 saturated carbocycles. The number of carbonyl (C=O) groups is 1. The number of piperidine rings is 1. The average molecular weight is 421 g/mol. The van der Waals surface area contributed by atoms with Gasteiger partial charge in [0.25, 0.3) is 5.91 Å². The number of rotatable bonds is 4. The highest BCUT2D eigenvalue weighted by Gasteiger charge is 2.36. The second-order valence-electron chi connectivity index (χ2n) is 7.04. The molecule has 1 aromatic heterocycles. The first-order valence-electron chi connectivity index (χ1n) is 9.37. The number of methoxy groups -OCH3 is 1. The van der Waals surface area contributed by atoms with Crippen molar-refractivity contribution in [2.45, 2.75) is 25.3 Å². The lowest BCUT2D eigenvalue weighted by Crippen LogP contribution is -2.41. The number of anilines is 1. The Balaban J connectivity index is 1.84. The zero-order valence-corrected chi connectivity index (χ0v) is 17.1. The van der Waals surface area contributed by atoms with Gasteiger partial charge in [0.2, 0.25) is 0 Å². The van der Waals surface area contributed by atoms with Crippen molar-refractivity contribution in [3.63, 3.8) is 0 Å². The Morgan fingerprint density at radius 1 is 1.21 bits per heavy atom. The molecule has 0 spiro atoms. The highest BCUT2D eigenvalue weighted by molar-refractivity contribution is 6.42. The smallest absolute Gasteiger partial charge is 0.254 e. The van der Waals surface area contributed by atoms with Crippen LogP contribution in [0.5, 0.6) is 0 Å². The fourth-order valence-electron chi connectivity index (χ4n) is 3.89. The van der Waals surface area contributed by atoms with Crippen molar-refractivity contribution in [1.29, 1.82) is 0 Å². The third kappa shape index (κ3) is 3.52. The first-order chi connectivity index (χ1) is 13.6. The van der Waals surface area contributed by atoms with Crippen LogP contribution in [0.1, 0.15) is 30.9 Å². The SMILES string of the molecule is COCC1=C(C(=O)N2CCCCC2)C(c2ccc(Cl)c(Cl)c2)n2nccc2N1. The van der Waals surface area contributed by atoms with Gasteiger partial charge in [-0.2, -0.15) is 5.10 Å². The first-order valence-corrected chi connectivity index (χ1v) is 10.1. The third-order valence-electron chi connectivity index (χ3n) is 5.21. The quantitative estimate of drug-likeness (QED) is 0.807. The number of benzene rings is 1. The Bertz CT molecular complexity index is 919. The van der Waals surface area contributed by atoms with Crippen LogP contribution in [0.15, 0.2) is 41.7 Å². The maximum Gasteiger partial charge on any atom is 0.254 e. The standard InChI is InChI=1S/C20H22Cl2N4O2/c1-28-12-16-18(20(27)25-9-3-2-4-10-25)19(26-17(24-16)7-8-23-26)13-5-6-14(21)15(22)11-13/h5-8,11,19,24H,2-4,9-10,12H2,1H3. The predicted molar refractivity (Wildman–Crippen MR) is 110 cm³/mol. The van der Waals surface area contributed by atoms with Crippen molar-refractivity contribution in [2.24, 2.45) is 0 Å². The molecule has 6 nitrogen and oxygen atoms in total. The fraction of sp³-hybridized carbons (Fsp3) is 0.400. The summed E-state index contributed by atoms with van der Waals surface area (Å²) in [4.78, 5) is 15.5. The zero-order valence-electron chi connectivity index (χ0n) is 15.6. The maximum absolute atomic E-state index is 13.6. The molecule has 3 heterocycles. The molecule has 28 heavy (non-hydrogen) atoms. The molecule has 1 atom stereocenters. The van der Waals surface area contributed by atoms with E-state index in [1.165, 1.54) is 0 Å². The van der Waals surface area contributed by atoms with E-state index < -0.39 is 6.04 Å². The number of halogens is 2. The minimum Gasteiger partial charge on any atom is -0.378 e. The van der Waals surface area contributed by atoms with Crippen LogP contribution in [0.4, 0.5) is 5.82 Å². The van der Waals surface area contributed by atoms with Gasteiger partial charge in [-0.3, -0.25) is 4.79 Å². The number of nitrogens with one attached hydrogen (secondary N) is 1. The predicted octanol–water partition coefficient (Wildman–Crippen LogP) is 4.12. The molecule has 1 fully saturated rings. The highest BCUT2D eigenvalue weighted by atomic mass is 35.5. The van der Waals surface area contributed by atoms with Crippen LogP contribution < -0.4 is 5.32 Å². The summed E-state index contributed by atoms with van der Waals surface area (Å²) in [5, 5.41) is 8.72. The van der Waals surface area contributed by atoms with Crippen LogP contribution in [-0.4, -0.2) is 47.4 Å². The first kappa shape index (κ1) is 19.3. The molecule has 2 aliphatic rings. The Labute approximate surface area is 174 Å². The lowest BCUT2D eigenvalue weighted by Gasteiger charge is -2.35. The molecule has 2 aliphatic heterocycles. The summed E-state index contributed by atoms with van der Waals surface area (Å²) in [5.41, 5.74) is 2.25. The molecule has 0 aliphatic carbocycles. The molecular formula is C20H22Cl2N4O2. The summed E-state index contributed by atoms with van der Waals surface area (Å²) >= 11 is 12.4. The van der Waals surface area contributed by atoms with E-state index in [9.17, 15) is 4.79 Å². The van der Waals surface area contributed by atoms with E-state index in [4.69, 9.17) is 27.9 Å². The third-order valence-corrected chi connectivity index (χ3v) is 5.95. The monoisotopic (exact) mass is 420 g/mol. The Morgan fingerprint density at radius 3 is 2.71 bits per heavy atom. The van der Waals surface area contributed by atoms with E-state index in [2.05, 4.69) is 10.4 Å². The normalized spacial score (nSPS) is 19.4. The van der Waals surface area contributed by atoms with Crippen LogP contribution in [0.25, 0.3) is 0 Å². The Hall–Kier alpha value is -2.02. The van der Waals surface area contributed by atoms with Gasteiger partial charge < -0.3 is 15.0 Å². The molecule has 1 unspecified atom stereocenters. The van der Waals surface area contributed by atoms with Crippen molar-refractivity contribution in [3.8, 4) is 0 Å². The molecule has 1 aromatic carbocycles. The van der Waals surface area contributed by atoms with E-state index in [-0.39, 0.29) is 5.91 Å². The largest absolute Gasteiger partial charge is 0.378 e. The number of carbonyl (C=O) groups excluding carboxylic acids is 1. The number of amides is 1. The van der Waals surface area contributed by atoms with Crippen molar-refractivity contribution < 1.29 is 9.53 Å². The van der Waals surface area contributed by atoms with Gasteiger partial charge in [0.1, 0.15) is 11.9 Å². The van der Waals surface area contributed by atoms with Crippen LogP contribution in [0, 0.1) is 0 Å². The number of fused-ring (bicyclic) bond motifs is 1. The Morgan fingerprint density at radius 2 is 2.00 bits per heavy atom. The van der Waals surface area contributed by atoms with Crippen molar-refractivity contribution in [3.05, 3.63) is 57.3 Å². The van der Waals surface area contributed by atoms with E-state index in [1.54, 1.807) is 25.4 Å². The zero-order chi connectivity index (χ0) is 19.7. The van der Waals surface area contributed by atoms with Crippen molar-refractivity contribution >= 4 is 34.9 Å². The molecule has 1 amide bonds. The van der Waals surface area contributed by atoms with E-state index >= 15 is 0 Å². The van der Waals surface area contributed by atoms with Gasteiger partial charge in [0.05, 0.1) is 34.1 Å². The molecule has 0 radical (unpaired) electrons. The molecular weight excluding hydrogens is 399 g/mol. The van der Waals surface area contributed by atoms with E-state index in [1.807, 2.05) is 21.7 Å². The number of aromatic nitrogens is 2. The van der Waals surface area contributed by atoms with Crippen LogP contribution in [-0.2, 0) is 9.53 Å². The lowest BCUT2D eigenvalue weighted by atomic mass is 9.93. The van der Waals surface area contributed by atoms with Gasteiger partial charge in [0, 0.05) is 26.3 Å². The summed E-state index contributed by atoms with van der Waals surface area (Å²) in [6.45, 7) is 1.84. The minimum absolute atomic E-state index is 0.0106. The van der Waals surface area contributed by atoms with Crippen LogP contribution >= 0.6 is 23.2 Å². The fourth-order valence-corrected chi connectivity index (χ4v) is 4.20. The van der Waals surface area contributed by atoms with Gasteiger partial charge >= 0.3 is 0 Å². The molecule has 4 rings (SSSR count). The molecule has 1 saturated heterocycles. The molecule has 2 aromatic rings. The topological polar surface area (TPSA) is 59.4 Å². The maximum atomic E-state index is 13.6. The lowest BCUT2D eigenvalue weighted by molar-refractivity contribution is -0.128. The molecule has 0 bridgehead atoms. The van der Waals surface area contributed by atoms with Gasteiger partial charge in [-0.1, -0.05) is 29.3 Å². The second-order valence-corrected chi connectivity index (χ2v) is 7.85. The molecule has 148 valence electrons. The summed E-state index contributed by atoms with van der Waals surface area (Å²) < 4.78 is 7.22. The number of nitrogens with zero attached hydrogens (tertiary/aromatic N) is 3. The second kappa shape index (κ2) is 8.15. The summed E-state index contributed by atoms with van der Waals surface area (Å²) in [6.07, 6.45) is 4.92.